The van der Waals surface area contributed by atoms with Crippen molar-refractivity contribution in [2.45, 2.75) is 32.7 Å². The van der Waals surface area contributed by atoms with Crippen molar-refractivity contribution in [1.29, 1.82) is 0 Å². The fraction of sp³-hybridized carbons (Fsp3) is 0.545. The Bertz CT molecular complexity index is 286. The van der Waals surface area contributed by atoms with E-state index in [1.54, 1.807) is 13.8 Å². The van der Waals surface area contributed by atoms with Gasteiger partial charge in [-0.25, -0.2) is 4.79 Å². The number of carbonyl (C=O) groups is 3. The van der Waals surface area contributed by atoms with E-state index in [0.29, 0.717) is 0 Å². The average Bonchev–Trinajstić information content (AvgIpc) is 2.27. The fourth-order valence-corrected chi connectivity index (χ4v) is 1.04. The van der Waals surface area contributed by atoms with Gasteiger partial charge < -0.3 is 10.1 Å². The van der Waals surface area contributed by atoms with Gasteiger partial charge in [0.1, 0.15) is 6.04 Å². The zero-order chi connectivity index (χ0) is 12.6. The van der Waals surface area contributed by atoms with Crippen LogP contribution in [0, 0.1) is 0 Å². The average molecular weight is 227 g/mol. The van der Waals surface area contributed by atoms with Gasteiger partial charge in [-0.05, 0) is 13.3 Å². The third-order valence-electron chi connectivity index (χ3n) is 1.85. The molecule has 1 N–H and O–H groups in total. The normalized spacial score (nSPS) is 11.4. The number of ether oxygens (including phenoxy) is 1. The van der Waals surface area contributed by atoms with Crippen LogP contribution in [-0.4, -0.2) is 30.3 Å². The van der Waals surface area contributed by atoms with Gasteiger partial charge in [0.2, 0.25) is 5.91 Å². The molecule has 16 heavy (non-hydrogen) atoms. The Balaban J connectivity index is 4.51. The van der Waals surface area contributed by atoms with Gasteiger partial charge in [0.05, 0.1) is 6.61 Å². The first-order valence-electron chi connectivity index (χ1n) is 5.18. The maximum Gasteiger partial charge on any atom is 0.376 e. The minimum atomic E-state index is -0.925. The Hall–Kier alpha value is -1.65. The SMILES string of the molecule is C=CCC(NC(=O)CC)C(=O)C(=O)OCC. The molecule has 1 unspecified atom stereocenters. The lowest BCUT2D eigenvalue weighted by Crippen LogP contribution is -2.44. The molecule has 0 rings (SSSR count). The van der Waals surface area contributed by atoms with Crippen LogP contribution in [0.5, 0.6) is 0 Å². The van der Waals surface area contributed by atoms with Gasteiger partial charge in [-0.2, -0.15) is 0 Å². The van der Waals surface area contributed by atoms with Crippen LogP contribution >= 0.6 is 0 Å². The molecule has 0 spiro atoms. The van der Waals surface area contributed by atoms with Crippen LogP contribution in [-0.2, 0) is 19.1 Å². The molecule has 1 amide bonds. The van der Waals surface area contributed by atoms with Crippen LogP contribution in [0.3, 0.4) is 0 Å². The number of esters is 1. The molecular weight excluding hydrogens is 210 g/mol. The standard InChI is InChI=1S/C11H17NO4/c1-4-7-8(12-9(13)5-2)10(14)11(15)16-6-3/h4,8H,1,5-7H2,2-3H3,(H,12,13). The van der Waals surface area contributed by atoms with Crippen molar-refractivity contribution in [2.24, 2.45) is 0 Å². The molecule has 0 heterocycles. The summed E-state index contributed by atoms with van der Waals surface area (Å²) < 4.78 is 4.57. The van der Waals surface area contributed by atoms with Crippen molar-refractivity contribution < 1.29 is 19.1 Å². The molecule has 0 aromatic rings. The zero-order valence-corrected chi connectivity index (χ0v) is 9.62. The molecule has 90 valence electrons. The highest BCUT2D eigenvalue weighted by molar-refractivity contribution is 6.36. The number of nitrogens with one attached hydrogen (secondary N) is 1. The van der Waals surface area contributed by atoms with Crippen molar-refractivity contribution in [2.75, 3.05) is 6.61 Å². The summed E-state index contributed by atoms with van der Waals surface area (Å²) in [6.45, 7) is 6.87. The first kappa shape index (κ1) is 14.3. The van der Waals surface area contributed by atoms with E-state index in [-0.39, 0.29) is 25.4 Å². The summed E-state index contributed by atoms with van der Waals surface area (Å²) in [5.41, 5.74) is 0. The third-order valence-corrected chi connectivity index (χ3v) is 1.85. The summed E-state index contributed by atoms with van der Waals surface area (Å²) in [6, 6.07) is -0.871. The second-order valence-electron chi connectivity index (χ2n) is 3.08. The number of ketones is 1. The van der Waals surface area contributed by atoms with Gasteiger partial charge in [0.15, 0.2) is 0 Å². The van der Waals surface area contributed by atoms with Crippen molar-refractivity contribution >= 4 is 17.7 Å². The topological polar surface area (TPSA) is 72.5 Å². The number of rotatable bonds is 7. The Morgan fingerprint density at radius 1 is 1.38 bits per heavy atom. The van der Waals surface area contributed by atoms with Crippen LogP contribution in [0.15, 0.2) is 12.7 Å². The van der Waals surface area contributed by atoms with E-state index in [1.165, 1.54) is 6.08 Å². The first-order chi connectivity index (χ1) is 7.56. The number of hydrogen-bond donors (Lipinski definition) is 1. The minimum Gasteiger partial charge on any atom is -0.460 e. The summed E-state index contributed by atoms with van der Waals surface area (Å²) in [7, 11) is 0. The molecule has 0 saturated carbocycles. The summed E-state index contributed by atoms with van der Waals surface area (Å²) in [4.78, 5) is 33.8. The quantitative estimate of drug-likeness (QED) is 0.392. The summed E-state index contributed by atoms with van der Waals surface area (Å²) >= 11 is 0. The van der Waals surface area contributed by atoms with E-state index in [0.717, 1.165) is 0 Å². The maximum absolute atomic E-state index is 11.5. The van der Waals surface area contributed by atoms with E-state index in [9.17, 15) is 14.4 Å². The Labute approximate surface area is 94.8 Å². The van der Waals surface area contributed by atoms with E-state index >= 15 is 0 Å². The van der Waals surface area contributed by atoms with Crippen LogP contribution in [0.4, 0.5) is 0 Å². The molecule has 0 aliphatic rings. The van der Waals surface area contributed by atoms with Crippen LogP contribution in [0.25, 0.3) is 0 Å². The highest BCUT2D eigenvalue weighted by atomic mass is 16.5. The van der Waals surface area contributed by atoms with Crippen molar-refractivity contribution in [3.05, 3.63) is 12.7 Å². The molecule has 0 aromatic carbocycles. The molecule has 0 aliphatic carbocycles. The second kappa shape index (κ2) is 7.62. The molecule has 0 aromatic heterocycles. The molecular formula is C11H17NO4. The van der Waals surface area contributed by atoms with E-state index in [4.69, 9.17) is 0 Å². The summed E-state index contributed by atoms with van der Waals surface area (Å²) in [6.07, 6.45) is 1.94. The van der Waals surface area contributed by atoms with Crippen molar-refractivity contribution in [3.8, 4) is 0 Å². The predicted molar refractivity (Wildman–Crippen MR) is 58.7 cm³/mol. The first-order valence-corrected chi connectivity index (χ1v) is 5.18. The van der Waals surface area contributed by atoms with Crippen LogP contribution < -0.4 is 5.32 Å². The Morgan fingerprint density at radius 2 is 2.00 bits per heavy atom. The molecule has 0 fully saturated rings. The van der Waals surface area contributed by atoms with E-state index in [1.807, 2.05) is 0 Å². The van der Waals surface area contributed by atoms with Gasteiger partial charge in [0, 0.05) is 6.42 Å². The van der Waals surface area contributed by atoms with Gasteiger partial charge in [0.25, 0.3) is 5.78 Å². The summed E-state index contributed by atoms with van der Waals surface area (Å²) in [5, 5.41) is 2.45. The van der Waals surface area contributed by atoms with Gasteiger partial charge in [-0.15, -0.1) is 6.58 Å². The highest BCUT2D eigenvalue weighted by Gasteiger charge is 2.26. The molecule has 0 saturated heterocycles. The number of Topliss-reactive ketones (excluding diaryl/α,β-unsaturated/α-hetero) is 1. The summed E-state index contributed by atoms with van der Waals surface area (Å²) in [5.74, 6) is -1.96. The second-order valence-corrected chi connectivity index (χ2v) is 3.08. The van der Waals surface area contributed by atoms with Crippen molar-refractivity contribution in [3.63, 3.8) is 0 Å². The van der Waals surface area contributed by atoms with E-state index in [2.05, 4.69) is 16.6 Å². The Kier molecular flexibility index (Phi) is 6.83. The monoisotopic (exact) mass is 227 g/mol. The lowest BCUT2D eigenvalue weighted by Gasteiger charge is -2.14. The smallest absolute Gasteiger partial charge is 0.376 e. The molecule has 5 nitrogen and oxygen atoms in total. The number of hydrogen-bond acceptors (Lipinski definition) is 4. The number of carbonyl (C=O) groups excluding carboxylic acids is 3. The molecule has 1 atom stereocenters. The lowest BCUT2D eigenvalue weighted by atomic mass is 10.1. The Morgan fingerprint density at radius 3 is 2.44 bits per heavy atom. The number of amides is 1. The van der Waals surface area contributed by atoms with Crippen molar-refractivity contribution in [1.82, 2.24) is 5.32 Å². The molecule has 0 aliphatic heterocycles. The fourth-order valence-electron chi connectivity index (χ4n) is 1.04. The van der Waals surface area contributed by atoms with Gasteiger partial charge in [-0.3, -0.25) is 9.59 Å². The van der Waals surface area contributed by atoms with Crippen LogP contribution in [0.1, 0.15) is 26.7 Å². The van der Waals surface area contributed by atoms with Gasteiger partial charge in [-0.1, -0.05) is 13.0 Å². The van der Waals surface area contributed by atoms with Crippen LogP contribution in [0.2, 0.25) is 0 Å². The largest absolute Gasteiger partial charge is 0.460 e. The molecule has 0 radical (unpaired) electrons. The van der Waals surface area contributed by atoms with Gasteiger partial charge >= 0.3 is 5.97 Å². The minimum absolute atomic E-state index is 0.132. The maximum atomic E-state index is 11.5. The van der Waals surface area contributed by atoms with E-state index < -0.39 is 17.8 Å². The predicted octanol–water partition coefficient (Wildman–Crippen LogP) is 0.589. The molecule has 5 heteroatoms. The molecule has 0 bridgehead atoms. The highest BCUT2D eigenvalue weighted by Crippen LogP contribution is 1.98. The zero-order valence-electron chi connectivity index (χ0n) is 9.62. The third kappa shape index (κ3) is 4.72. The lowest BCUT2D eigenvalue weighted by molar-refractivity contribution is -0.154.